The Morgan fingerprint density at radius 3 is 2.03 bits per heavy atom. The molecule has 0 aliphatic heterocycles. The number of nitrogens with zero attached hydrogens (tertiary/aromatic N) is 3. The standard InChI is InChI=1S/C24H18ClN3O7S2/c25-37(34,35)18-12-10-16(11-13-18)14-15-36(32,33)24-21(27-26-17-6-2-1-3-7-17)22(28(30)31)19-8-4-5-9-20(19)23(24)29/h1-13,29H,14-15H2. The maximum absolute atomic E-state index is 13.5. The number of halogens is 1. The molecule has 0 saturated carbocycles. The van der Waals surface area contributed by atoms with Crippen molar-refractivity contribution in [1.29, 1.82) is 0 Å². The highest BCUT2D eigenvalue weighted by Gasteiger charge is 2.34. The van der Waals surface area contributed by atoms with Gasteiger partial charge in [-0.25, -0.2) is 16.8 Å². The summed E-state index contributed by atoms with van der Waals surface area (Å²) in [5.74, 6) is -1.23. The highest BCUT2D eigenvalue weighted by molar-refractivity contribution is 8.13. The SMILES string of the molecule is O=[N+]([O-])c1c(N=Nc2ccccc2)c(S(=O)(=O)CCc2ccc(S(=O)(=O)Cl)cc2)c(O)c2ccccc12. The fraction of sp³-hybridized carbons (Fsp3) is 0.0833. The third-order valence-corrected chi connectivity index (χ3v) is 8.59. The summed E-state index contributed by atoms with van der Waals surface area (Å²) < 4.78 is 49.9. The molecule has 0 aromatic heterocycles. The van der Waals surface area contributed by atoms with E-state index in [1.165, 1.54) is 48.5 Å². The van der Waals surface area contributed by atoms with Crippen LogP contribution < -0.4 is 0 Å². The number of phenols is 1. The second-order valence-corrected chi connectivity index (χ2v) is 12.5. The van der Waals surface area contributed by atoms with Crippen molar-refractivity contribution in [2.75, 3.05) is 5.75 Å². The predicted octanol–water partition coefficient (Wildman–Crippen LogP) is 5.81. The Bertz CT molecular complexity index is 1740. The lowest BCUT2D eigenvalue weighted by Crippen LogP contribution is -2.11. The minimum atomic E-state index is -4.36. The van der Waals surface area contributed by atoms with Gasteiger partial charge in [0.1, 0.15) is 10.6 Å². The largest absolute Gasteiger partial charge is 0.506 e. The van der Waals surface area contributed by atoms with Gasteiger partial charge in [0.05, 0.1) is 26.6 Å². The molecule has 190 valence electrons. The number of hydrogen-bond donors (Lipinski definition) is 1. The maximum Gasteiger partial charge on any atom is 0.306 e. The molecule has 0 saturated heterocycles. The third-order valence-electron chi connectivity index (χ3n) is 5.47. The number of fused-ring (bicyclic) bond motifs is 1. The van der Waals surface area contributed by atoms with Crippen LogP contribution in [0.15, 0.2) is 98.9 Å². The van der Waals surface area contributed by atoms with E-state index in [0.717, 1.165) is 0 Å². The minimum Gasteiger partial charge on any atom is -0.506 e. The van der Waals surface area contributed by atoms with Crippen molar-refractivity contribution < 1.29 is 26.9 Å². The summed E-state index contributed by atoms with van der Waals surface area (Å²) in [7, 11) is -3.00. The number of nitro benzene ring substituents is 1. The van der Waals surface area contributed by atoms with E-state index in [1.807, 2.05) is 0 Å². The van der Waals surface area contributed by atoms with Gasteiger partial charge in [0.15, 0.2) is 15.5 Å². The van der Waals surface area contributed by atoms with Crippen LogP contribution in [0.3, 0.4) is 0 Å². The van der Waals surface area contributed by atoms with Gasteiger partial charge < -0.3 is 5.11 Å². The Morgan fingerprint density at radius 2 is 1.43 bits per heavy atom. The molecule has 0 atom stereocenters. The first-order chi connectivity index (χ1) is 17.5. The quantitative estimate of drug-likeness (QED) is 0.123. The molecule has 0 spiro atoms. The van der Waals surface area contributed by atoms with E-state index in [4.69, 9.17) is 10.7 Å². The van der Waals surface area contributed by atoms with Crippen LogP contribution in [0.25, 0.3) is 10.8 Å². The van der Waals surface area contributed by atoms with Crippen LogP contribution in [0.4, 0.5) is 17.1 Å². The summed E-state index contributed by atoms with van der Waals surface area (Å²) in [5, 5.41) is 31.0. The number of aromatic hydroxyl groups is 1. The van der Waals surface area contributed by atoms with Crippen molar-refractivity contribution in [3.8, 4) is 5.75 Å². The molecule has 0 amide bonds. The third kappa shape index (κ3) is 5.61. The molecule has 37 heavy (non-hydrogen) atoms. The van der Waals surface area contributed by atoms with Crippen LogP contribution in [-0.4, -0.2) is 32.6 Å². The van der Waals surface area contributed by atoms with Crippen LogP contribution >= 0.6 is 10.7 Å². The van der Waals surface area contributed by atoms with Gasteiger partial charge in [-0.3, -0.25) is 10.1 Å². The number of azo groups is 1. The molecule has 1 N–H and O–H groups in total. The fourth-order valence-electron chi connectivity index (χ4n) is 3.71. The Balaban J connectivity index is 1.85. The van der Waals surface area contributed by atoms with Crippen LogP contribution in [-0.2, 0) is 25.3 Å². The smallest absolute Gasteiger partial charge is 0.306 e. The van der Waals surface area contributed by atoms with Gasteiger partial charge in [0, 0.05) is 16.1 Å². The lowest BCUT2D eigenvalue weighted by atomic mass is 10.1. The van der Waals surface area contributed by atoms with Crippen molar-refractivity contribution in [2.24, 2.45) is 10.2 Å². The second kappa shape index (κ2) is 10.2. The topological polar surface area (TPSA) is 156 Å². The molecule has 4 rings (SSSR count). The molecule has 0 unspecified atom stereocenters. The second-order valence-electron chi connectivity index (χ2n) is 7.86. The van der Waals surface area contributed by atoms with Crippen molar-refractivity contribution in [3.05, 3.63) is 94.5 Å². The summed E-state index contributed by atoms with van der Waals surface area (Å²) in [4.78, 5) is 10.5. The number of sulfone groups is 1. The molecular formula is C24H18ClN3O7S2. The molecule has 0 aliphatic carbocycles. The van der Waals surface area contributed by atoms with E-state index >= 15 is 0 Å². The predicted molar refractivity (Wildman–Crippen MR) is 138 cm³/mol. The molecule has 0 radical (unpaired) electrons. The number of hydrogen-bond acceptors (Lipinski definition) is 9. The van der Waals surface area contributed by atoms with Gasteiger partial charge in [-0.2, -0.15) is 5.11 Å². The first-order valence-corrected chi connectivity index (χ1v) is 14.6. The van der Waals surface area contributed by atoms with E-state index in [-0.39, 0.29) is 22.1 Å². The minimum absolute atomic E-state index is 0.00355. The van der Waals surface area contributed by atoms with E-state index in [2.05, 4.69) is 10.2 Å². The van der Waals surface area contributed by atoms with Gasteiger partial charge in [-0.05, 0) is 42.3 Å². The summed E-state index contributed by atoms with van der Waals surface area (Å²) in [5.41, 5.74) is -0.408. The molecular weight excluding hydrogens is 542 g/mol. The Morgan fingerprint density at radius 1 is 0.838 bits per heavy atom. The zero-order valence-electron chi connectivity index (χ0n) is 18.9. The number of phenolic OH excluding ortho intramolecular Hbond substituents is 1. The van der Waals surface area contributed by atoms with Crippen LogP contribution in [0.1, 0.15) is 5.56 Å². The number of rotatable bonds is 8. The average Bonchev–Trinajstić information content (AvgIpc) is 2.86. The van der Waals surface area contributed by atoms with Crippen LogP contribution in [0.5, 0.6) is 5.75 Å². The van der Waals surface area contributed by atoms with E-state index in [9.17, 15) is 32.1 Å². The van der Waals surface area contributed by atoms with E-state index in [0.29, 0.717) is 11.3 Å². The van der Waals surface area contributed by atoms with Gasteiger partial charge in [-0.1, -0.05) is 48.5 Å². The first kappa shape index (κ1) is 26.2. The normalized spacial score (nSPS) is 12.2. The zero-order valence-corrected chi connectivity index (χ0v) is 21.2. The van der Waals surface area contributed by atoms with Gasteiger partial charge in [-0.15, -0.1) is 5.11 Å². The van der Waals surface area contributed by atoms with Crippen LogP contribution in [0.2, 0.25) is 0 Å². The monoisotopic (exact) mass is 559 g/mol. The number of aryl methyl sites for hydroxylation is 1. The molecule has 0 heterocycles. The lowest BCUT2D eigenvalue weighted by Gasteiger charge is -2.13. The molecule has 0 aliphatic rings. The zero-order chi connectivity index (χ0) is 26.8. The average molecular weight is 560 g/mol. The van der Waals surface area contributed by atoms with Crippen molar-refractivity contribution >= 4 is 57.4 Å². The van der Waals surface area contributed by atoms with E-state index < -0.39 is 51.6 Å². The van der Waals surface area contributed by atoms with Gasteiger partial charge in [0.2, 0.25) is 0 Å². The van der Waals surface area contributed by atoms with Crippen molar-refractivity contribution in [3.63, 3.8) is 0 Å². The van der Waals surface area contributed by atoms with Crippen molar-refractivity contribution in [1.82, 2.24) is 0 Å². The summed E-state index contributed by atoms with van der Waals surface area (Å²) in [6.45, 7) is 0. The molecule has 13 heteroatoms. The molecule has 4 aromatic rings. The number of benzene rings is 4. The van der Waals surface area contributed by atoms with Crippen molar-refractivity contribution in [2.45, 2.75) is 16.2 Å². The number of nitro groups is 1. The molecule has 0 fully saturated rings. The first-order valence-electron chi connectivity index (χ1n) is 10.6. The lowest BCUT2D eigenvalue weighted by molar-refractivity contribution is -0.382. The molecule has 0 bridgehead atoms. The fourth-order valence-corrected chi connectivity index (χ4v) is 6.03. The van der Waals surface area contributed by atoms with Crippen LogP contribution in [0, 0.1) is 10.1 Å². The Hall–Kier alpha value is -3.87. The Kier molecular flexibility index (Phi) is 7.25. The molecule has 10 nitrogen and oxygen atoms in total. The maximum atomic E-state index is 13.5. The highest BCUT2D eigenvalue weighted by Crippen LogP contribution is 2.48. The Labute approximate surface area is 216 Å². The summed E-state index contributed by atoms with van der Waals surface area (Å²) in [6.07, 6.45) is -0.0831. The summed E-state index contributed by atoms with van der Waals surface area (Å²) in [6, 6.07) is 19.3. The van der Waals surface area contributed by atoms with Gasteiger partial charge >= 0.3 is 5.69 Å². The summed E-state index contributed by atoms with van der Waals surface area (Å²) >= 11 is 0. The highest BCUT2D eigenvalue weighted by atomic mass is 35.7. The van der Waals surface area contributed by atoms with Gasteiger partial charge in [0.25, 0.3) is 9.05 Å². The van der Waals surface area contributed by atoms with E-state index in [1.54, 1.807) is 30.3 Å². The molecule has 4 aromatic carbocycles.